The fourth-order valence-electron chi connectivity index (χ4n) is 2.55. The smallest absolute Gasteiger partial charge is 0.312 e. The number of amides is 1. The highest BCUT2D eigenvalue weighted by molar-refractivity contribution is 6.31. The molecule has 1 amide bonds. The fraction of sp³-hybridized carbons (Fsp3) is 0.467. The van der Waals surface area contributed by atoms with Gasteiger partial charge in [0, 0.05) is 10.6 Å². The highest BCUT2D eigenvalue weighted by atomic mass is 35.5. The van der Waals surface area contributed by atoms with Crippen molar-refractivity contribution in [2.75, 3.05) is 19.7 Å². The van der Waals surface area contributed by atoms with Crippen LogP contribution in [-0.2, 0) is 20.9 Å². The van der Waals surface area contributed by atoms with E-state index in [1.165, 1.54) is 0 Å². The van der Waals surface area contributed by atoms with E-state index >= 15 is 0 Å². The van der Waals surface area contributed by atoms with Crippen molar-refractivity contribution in [1.29, 1.82) is 0 Å². The summed E-state index contributed by atoms with van der Waals surface area (Å²) in [6.07, 6.45) is 0.0967. The number of rotatable bonds is 5. The Kier molecular flexibility index (Phi) is 5.59. The Labute approximate surface area is 129 Å². The first-order valence-corrected chi connectivity index (χ1v) is 7.51. The molecule has 0 bridgehead atoms. The molecule has 2 N–H and O–H groups in total. The summed E-state index contributed by atoms with van der Waals surface area (Å²) in [5, 5.41) is 3.50. The number of benzene rings is 1. The van der Waals surface area contributed by atoms with Gasteiger partial charge in [-0.05, 0) is 13.0 Å². The molecule has 1 aliphatic rings. The number of ether oxygens (including phenoxy) is 1. The second-order valence-electron chi connectivity index (χ2n) is 5.03. The Balaban J connectivity index is 2.09. The number of piperazine rings is 1. The molecule has 1 aromatic rings. The van der Waals surface area contributed by atoms with E-state index in [2.05, 4.69) is 5.32 Å². The fourth-order valence-corrected chi connectivity index (χ4v) is 2.75. The molecule has 1 saturated heterocycles. The number of hydrogen-bond donors (Lipinski definition) is 2. The molecule has 0 spiro atoms. The molecule has 1 unspecified atom stereocenters. The minimum Gasteiger partial charge on any atom is -0.466 e. The van der Waals surface area contributed by atoms with Crippen LogP contribution in [0, 0.1) is 0 Å². The standard InChI is InChI=1S/C15H19ClN2O3/c1-2-21-14(19)9-13-15(20)17-7-8-18(13)10-11-5-3-4-6-12(11)16/h3-6,13H,2,7-10H2,1H3,(H,17,20)/p+1/t13-/m1/s1. The zero-order valence-corrected chi connectivity index (χ0v) is 12.8. The Bertz CT molecular complexity index is 521. The maximum absolute atomic E-state index is 12.0. The van der Waals surface area contributed by atoms with Crippen molar-refractivity contribution in [1.82, 2.24) is 5.32 Å². The molecule has 1 aliphatic heterocycles. The lowest BCUT2D eigenvalue weighted by molar-refractivity contribution is -0.930. The lowest BCUT2D eigenvalue weighted by Crippen LogP contribution is -3.18. The van der Waals surface area contributed by atoms with Crippen LogP contribution in [0.25, 0.3) is 0 Å². The highest BCUT2D eigenvalue weighted by Crippen LogP contribution is 2.13. The summed E-state index contributed by atoms with van der Waals surface area (Å²) in [4.78, 5) is 24.8. The van der Waals surface area contributed by atoms with Crippen molar-refractivity contribution >= 4 is 23.5 Å². The van der Waals surface area contributed by atoms with Gasteiger partial charge in [-0.3, -0.25) is 9.59 Å². The quantitative estimate of drug-likeness (QED) is 0.763. The van der Waals surface area contributed by atoms with Crippen LogP contribution in [0.4, 0.5) is 0 Å². The van der Waals surface area contributed by atoms with Gasteiger partial charge in [0.05, 0.1) is 19.7 Å². The van der Waals surface area contributed by atoms with Gasteiger partial charge in [0.25, 0.3) is 5.91 Å². The number of quaternary nitrogens is 1. The minimum atomic E-state index is -0.422. The summed E-state index contributed by atoms with van der Waals surface area (Å²) in [7, 11) is 0. The van der Waals surface area contributed by atoms with Gasteiger partial charge in [-0.2, -0.15) is 0 Å². The van der Waals surface area contributed by atoms with Crippen LogP contribution in [0.3, 0.4) is 0 Å². The van der Waals surface area contributed by atoms with Gasteiger partial charge in [-0.15, -0.1) is 0 Å². The summed E-state index contributed by atoms with van der Waals surface area (Å²) in [6, 6.07) is 7.16. The second kappa shape index (κ2) is 7.43. The molecule has 2 rings (SSSR count). The average molecular weight is 312 g/mol. The average Bonchev–Trinajstić information content (AvgIpc) is 2.45. The first-order chi connectivity index (χ1) is 10.1. The van der Waals surface area contributed by atoms with Crippen molar-refractivity contribution in [3.63, 3.8) is 0 Å². The molecule has 6 heteroatoms. The molecule has 0 radical (unpaired) electrons. The molecular formula is C15H20ClN2O3+. The van der Waals surface area contributed by atoms with Crippen molar-refractivity contribution in [3.8, 4) is 0 Å². The van der Waals surface area contributed by atoms with Gasteiger partial charge in [0.1, 0.15) is 13.0 Å². The Morgan fingerprint density at radius 2 is 2.24 bits per heavy atom. The Hall–Kier alpha value is -1.59. The van der Waals surface area contributed by atoms with Gasteiger partial charge in [-0.25, -0.2) is 0 Å². The van der Waals surface area contributed by atoms with E-state index in [-0.39, 0.29) is 18.3 Å². The van der Waals surface area contributed by atoms with Gasteiger partial charge < -0.3 is 15.0 Å². The minimum absolute atomic E-state index is 0.0967. The predicted molar refractivity (Wildman–Crippen MR) is 79.0 cm³/mol. The van der Waals surface area contributed by atoms with E-state index in [4.69, 9.17) is 16.3 Å². The number of carbonyl (C=O) groups is 2. The van der Waals surface area contributed by atoms with Crippen molar-refractivity contribution in [2.45, 2.75) is 25.9 Å². The van der Waals surface area contributed by atoms with Crippen LogP contribution in [0.5, 0.6) is 0 Å². The third-order valence-corrected chi connectivity index (χ3v) is 3.97. The third-order valence-electron chi connectivity index (χ3n) is 3.61. The number of nitrogens with one attached hydrogen (secondary N) is 2. The summed E-state index contributed by atoms with van der Waals surface area (Å²) in [6.45, 7) is 4.08. The molecule has 0 saturated carbocycles. The largest absolute Gasteiger partial charge is 0.466 e. The summed E-state index contributed by atoms with van der Waals surface area (Å²) in [5.41, 5.74) is 0.984. The third kappa shape index (κ3) is 4.19. The van der Waals surface area contributed by atoms with Crippen LogP contribution < -0.4 is 10.2 Å². The molecule has 1 heterocycles. The van der Waals surface area contributed by atoms with Crippen molar-refractivity contribution in [3.05, 3.63) is 34.9 Å². The lowest BCUT2D eigenvalue weighted by atomic mass is 10.1. The SMILES string of the molecule is CCOC(=O)C[C@@H]1C(=O)NCC[NH+]1Cc1ccccc1Cl. The van der Waals surface area contributed by atoms with E-state index < -0.39 is 6.04 Å². The zero-order chi connectivity index (χ0) is 15.2. The number of halogens is 1. The van der Waals surface area contributed by atoms with Crippen molar-refractivity contribution in [2.24, 2.45) is 0 Å². The van der Waals surface area contributed by atoms with Crippen LogP contribution >= 0.6 is 11.6 Å². The van der Waals surface area contributed by atoms with E-state index in [9.17, 15) is 9.59 Å². The van der Waals surface area contributed by atoms with Gasteiger partial charge in [0.15, 0.2) is 6.04 Å². The van der Waals surface area contributed by atoms with E-state index in [1.54, 1.807) is 6.92 Å². The maximum Gasteiger partial charge on any atom is 0.312 e. The number of carbonyl (C=O) groups excluding carboxylic acids is 2. The number of hydrogen-bond acceptors (Lipinski definition) is 3. The number of esters is 1. The van der Waals surface area contributed by atoms with Gasteiger partial charge in [-0.1, -0.05) is 29.8 Å². The zero-order valence-electron chi connectivity index (χ0n) is 12.0. The normalized spacial score (nSPS) is 21.7. The molecular weight excluding hydrogens is 292 g/mol. The van der Waals surface area contributed by atoms with Gasteiger partial charge in [0.2, 0.25) is 0 Å². The second-order valence-corrected chi connectivity index (χ2v) is 5.44. The molecule has 21 heavy (non-hydrogen) atoms. The lowest BCUT2D eigenvalue weighted by Gasteiger charge is -2.31. The molecule has 5 nitrogen and oxygen atoms in total. The Morgan fingerprint density at radius 3 is 2.95 bits per heavy atom. The van der Waals surface area contributed by atoms with Gasteiger partial charge >= 0.3 is 5.97 Å². The van der Waals surface area contributed by atoms with Crippen LogP contribution in [0.1, 0.15) is 18.9 Å². The highest BCUT2D eigenvalue weighted by Gasteiger charge is 2.36. The molecule has 114 valence electrons. The molecule has 0 aliphatic carbocycles. The maximum atomic E-state index is 12.0. The first-order valence-electron chi connectivity index (χ1n) is 7.13. The van der Waals surface area contributed by atoms with E-state index in [1.807, 2.05) is 24.3 Å². The van der Waals surface area contributed by atoms with E-state index in [0.29, 0.717) is 24.7 Å². The molecule has 2 atom stereocenters. The molecule has 1 aromatic carbocycles. The predicted octanol–water partition coefficient (Wildman–Crippen LogP) is 0.177. The molecule has 0 aromatic heterocycles. The molecule has 1 fully saturated rings. The summed E-state index contributed by atoms with van der Waals surface area (Å²) in [5.74, 6) is -0.437. The topological polar surface area (TPSA) is 59.8 Å². The monoisotopic (exact) mass is 311 g/mol. The van der Waals surface area contributed by atoms with E-state index in [0.717, 1.165) is 17.0 Å². The summed E-state index contributed by atoms with van der Waals surface area (Å²) >= 11 is 6.18. The van der Waals surface area contributed by atoms with Crippen molar-refractivity contribution < 1.29 is 19.2 Å². The summed E-state index contributed by atoms with van der Waals surface area (Å²) < 4.78 is 4.96. The Morgan fingerprint density at radius 1 is 1.48 bits per heavy atom. The van der Waals surface area contributed by atoms with Crippen LogP contribution in [-0.4, -0.2) is 37.6 Å². The first kappa shape index (κ1) is 15.8. The van der Waals surface area contributed by atoms with Crippen LogP contribution in [0.15, 0.2) is 24.3 Å². The van der Waals surface area contributed by atoms with Crippen LogP contribution in [0.2, 0.25) is 5.02 Å².